The molecule has 0 aromatic heterocycles. The Morgan fingerprint density at radius 2 is 1.58 bits per heavy atom. The molecule has 2 fully saturated rings. The summed E-state index contributed by atoms with van der Waals surface area (Å²) in [5, 5.41) is 0. The molecule has 1 aliphatic heterocycles. The lowest BCUT2D eigenvalue weighted by Gasteiger charge is -2.33. The van der Waals surface area contributed by atoms with Crippen molar-refractivity contribution in [2.75, 3.05) is 26.3 Å². The SMILES string of the molecule is CC(C)C(=O)N1CCC(CCOCC2CCC(C(C)C)CC2)CC1. The van der Waals surface area contributed by atoms with Gasteiger partial charge in [0.15, 0.2) is 0 Å². The molecule has 3 nitrogen and oxygen atoms in total. The highest BCUT2D eigenvalue weighted by Gasteiger charge is 2.25. The third-order valence-electron chi connectivity index (χ3n) is 6.28. The van der Waals surface area contributed by atoms with Crippen LogP contribution in [0.15, 0.2) is 0 Å². The van der Waals surface area contributed by atoms with E-state index in [0.29, 0.717) is 5.91 Å². The molecule has 0 aromatic carbocycles. The second-order valence-corrected chi connectivity index (χ2v) is 8.81. The second kappa shape index (κ2) is 9.79. The first kappa shape index (κ1) is 19.8. The maximum Gasteiger partial charge on any atom is 0.225 e. The summed E-state index contributed by atoms with van der Waals surface area (Å²) in [5.41, 5.74) is 0. The highest BCUT2D eigenvalue weighted by Crippen LogP contribution is 2.33. The topological polar surface area (TPSA) is 29.5 Å². The number of amides is 1. The van der Waals surface area contributed by atoms with E-state index in [1.54, 1.807) is 0 Å². The molecule has 2 rings (SSSR count). The van der Waals surface area contributed by atoms with Crippen LogP contribution in [0, 0.1) is 29.6 Å². The Morgan fingerprint density at radius 1 is 0.958 bits per heavy atom. The number of rotatable bonds is 7. The van der Waals surface area contributed by atoms with Crippen LogP contribution < -0.4 is 0 Å². The van der Waals surface area contributed by atoms with Crippen molar-refractivity contribution < 1.29 is 9.53 Å². The Morgan fingerprint density at radius 3 is 2.12 bits per heavy atom. The molecule has 1 heterocycles. The molecule has 0 spiro atoms. The average Bonchev–Trinajstić information content (AvgIpc) is 2.59. The maximum absolute atomic E-state index is 12.0. The zero-order chi connectivity index (χ0) is 17.5. The van der Waals surface area contributed by atoms with Crippen LogP contribution in [0.25, 0.3) is 0 Å². The molecule has 1 amide bonds. The largest absolute Gasteiger partial charge is 0.381 e. The minimum Gasteiger partial charge on any atom is -0.381 e. The summed E-state index contributed by atoms with van der Waals surface area (Å²) in [6.45, 7) is 12.5. The van der Waals surface area contributed by atoms with E-state index in [-0.39, 0.29) is 5.92 Å². The van der Waals surface area contributed by atoms with Gasteiger partial charge in [-0.3, -0.25) is 4.79 Å². The van der Waals surface area contributed by atoms with Crippen LogP contribution in [0.2, 0.25) is 0 Å². The number of carbonyl (C=O) groups is 1. The maximum atomic E-state index is 12.0. The number of likely N-dealkylation sites (tertiary alicyclic amines) is 1. The molecule has 1 saturated carbocycles. The van der Waals surface area contributed by atoms with Gasteiger partial charge in [0.05, 0.1) is 0 Å². The molecule has 24 heavy (non-hydrogen) atoms. The Bertz CT molecular complexity index is 364. The predicted octanol–water partition coefficient (Wildman–Crippen LogP) is 4.75. The van der Waals surface area contributed by atoms with E-state index in [2.05, 4.69) is 18.7 Å². The third kappa shape index (κ3) is 6.06. The zero-order valence-electron chi connectivity index (χ0n) is 16.4. The molecule has 0 atom stereocenters. The number of ether oxygens (including phenoxy) is 1. The molecule has 1 aliphatic carbocycles. The average molecular weight is 338 g/mol. The van der Waals surface area contributed by atoms with Gasteiger partial charge in [-0.25, -0.2) is 0 Å². The molecule has 0 unspecified atom stereocenters. The van der Waals surface area contributed by atoms with Gasteiger partial charge in [0.2, 0.25) is 5.91 Å². The molecule has 3 heteroatoms. The van der Waals surface area contributed by atoms with Crippen LogP contribution in [0.4, 0.5) is 0 Å². The molecule has 0 N–H and O–H groups in total. The standard InChI is InChI=1S/C21H39NO2/c1-16(2)20-7-5-19(6-8-20)15-24-14-11-18-9-12-22(13-10-18)21(23)17(3)4/h16-20H,5-15H2,1-4H3. The van der Waals surface area contributed by atoms with Crippen LogP contribution in [-0.2, 0) is 9.53 Å². The molecule has 0 radical (unpaired) electrons. The number of hydrogen-bond acceptors (Lipinski definition) is 2. The first-order valence-electron chi connectivity index (χ1n) is 10.3. The van der Waals surface area contributed by atoms with Crippen molar-refractivity contribution in [3.63, 3.8) is 0 Å². The summed E-state index contributed by atoms with van der Waals surface area (Å²) in [5.74, 6) is 3.79. The van der Waals surface area contributed by atoms with Gasteiger partial charge in [0, 0.05) is 32.2 Å². The van der Waals surface area contributed by atoms with Gasteiger partial charge in [-0.15, -0.1) is 0 Å². The van der Waals surface area contributed by atoms with Gasteiger partial charge >= 0.3 is 0 Å². The minimum atomic E-state index is 0.135. The zero-order valence-corrected chi connectivity index (χ0v) is 16.4. The normalized spacial score (nSPS) is 26.3. The van der Waals surface area contributed by atoms with Gasteiger partial charge < -0.3 is 9.64 Å². The van der Waals surface area contributed by atoms with Gasteiger partial charge in [-0.05, 0) is 68.6 Å². The van der Waals surface area contributed by atoms with Crippen LogP contribution in [0.5, 0.6) is 0 Å². The quantitative estimate of drug-likeness (QED) is 0.627. The van der Waals surface area contributed by atoms with E-state index in [4.69, 9.17) is 4.74 Å². The molecule has 1 saturated heterocycles. The van der Waals surface area contributed by atoms with E-state index < -0.39 is 0 Å². The summed E-state index contributed by atoms with van der Waals surface area (Å²) < 4.78 is 6.00. The van der Waals surface area contributed by atoms with Crippen molar-refractivity contribution >= 4 is 5.91 Å². The minimum absolute atomic E-state index is 0.135. The summed E-state index contributed by atoms with van der Waals surface area (Å²) in [6, 6.07) is 0. The first-order chi connectivity index (χ1) is 11.5. The Hall–Kier alpha value is -0.570. The lowest BCUT2D eigenvalue weighted by atomic mass is 9.77. The van der Waals surface area contributed by atoms with Crippen molar-refractivity contribution in [3.8, 4) is 0 Å². The molecular weight excluding hydrogens is 298 g/mol. The highest BCUT2D eigenvalue weighted by atomic mass is 16.5. The monoisotopic (exact) mass is 337 g/mol. The van der Waals surface area contributed by atoms with E-state index in [0.717, 1.165) is 62.8 Å². The lowest BCUT2D eigenvalue weighted by Crippen LogP contribution is -2.40. The van der Waals surface area contributed by atoms with Gasteiger partial charge in [0.25, 0.3) is 0 Å². The fourth-order valence-corrected chi connectivity index (χ4v) is 4.33. The van der Waals surface area contributed by atoms with Crippen LogP contribution in [0.1, 0.15) is 72.6 Å². The van der Waals surface area contributed by atoms with Crippen molar-refractivity contribution in [1.29, 1.82) is 0 Å². The van der Waals surface area contributed by atoms with Crippen LogP contribution in [-0.4, -0.2) is 37.1 Å². The van der Waals surface area contributed by atoms with Crippen LogP contribution in [0.3, 0.4) is 0 Å². The van der Waals surface area contributed by atoms with E-state index in [9.17, 15) is 4.79 Å². The van der Waals surface area contributed by atoms with Gasteiger partial charge in [-0.1, -0.05) is 27.7 Å². The predicted molar refractivity (Wildman–Crippen MR) is 99.9 cm³/mol. The van der Waals surface area contributed by atoms with Crippen LogP contribution >= 0.6 is 0 Å². The fraction of sp³-hybridized carbons (Fsp3) is 0.952. The van der Waals surface area contributed by atoms with E-state index in [1.165, 1.54) is 32.1 Å². The number of nitrogens with zero attached hydrogens (tertiary/aromatic N) is 1. The molecule has 0 bridgehead atoms. The summed E-state index contributed by atoms with van der Waals surface area (Å²) in [4.78, 5) is 14.1. The number of piperidine rings is 1. The van der Waals surface area contributed by atoms with E-state index in [1.807, 2.05) is 13.8 Å². The molecule has 140 valence electrons. The summed E-state index contributed by atoms with van der Waals surface area (Å²) in [6.07, 6.45) is 8.99. The Labute approximate surface area is 149 Å². The molecular formula is C21H39NO2. The lowest BCUT2D eigenvalue weighted by molar-refractivity contribution is -0.135. The fourth-order valence-electron chi connectivity index (χ4n) is 4.33. The molecule has 0 aromatic rings. The Balaban J connectivity index is 1.52. The summed E-state index contributed by atoms with van der Waals surface area (Å²) >= 11 is 0. The number of hydrogen-bond donors (Lipinski definition) is 0. The summed E-state index contributed by atoms with van der Waals surface area (Å²) in [7, 11) is 0. The van der Waals surface area contributed by atoms with E-state index >= 15 is 0 Å². The van der Waals surface area contributed by atoms with Crippen molar-refractivity contribution in [2.24, 2.45) is 29.6 Å². The van der Waals surface area contributed by atoms with Gasteiger partial charge in [0.1, 0.15) is 0 Å². The Kier molecular flexibility index (Phi) is 8.06. The van der Waals surface area contributed by atoms with Crippen molar-refractivity contribution in [2.45, 2.75) is 72.6 Å². The first-order valence-corrected chi connectivity index (χ1v) is 10.3. The number of carbonyl (C=O) groups excluding carboxylic acids is 1. The molecule has 2 aliphatic rings. The highest BCUT2D eigenvalue weighted by molar-refractivity contribution is 5.78. The van der Waals surface area contributed by atoms with Gasteiger partial charge in [-0.2, -0.15) is 0 Å². The van der Waals surface area contributed by atoms with Crippen molar-refractivity contribution in [3.05, 3.63) is 0 Å². The second-order valence-electron chi connectivity index (χ2n) is 8.81. The third-order valence-corrected chi connectivity index (χ3v) is 6.28. The smallest absolute Gasteiger partial charge is 0.225 e. The van der Waals surface area contributed by atoms with Crippen molar-refractivity contribution in [1.82, 2.24) is 4.90 Å².